The summed E-state index contributed by atoms with van der Waals surface area (Å²) in [5.74, 6) is -4.42. The summed E-state index contributed by atoms with van der Waals surface area (Å²) in [6.45, 7) is 3.96. The van der Waals surface area contributed by atoms with Crippen LogP contribution in [0, 0.1) is 29.3 Å². The molecule has 1 fully saturated rings. The van der Waals surface area contributed by atoms with Crippen LogP contribution in [0.5, 0.6) is 0 Å². The molecule has 118 valence electrons. The summed E-state index contributed by atoms with van der Waals surface area (Å²) in [5.41, 5.74) is 0. The van der Waals surface area contributed by atoms with Gasteiger partial charge in [-0.05, 0) is 30.4 Å². The lowest BCUT2D eigenvalue weighted by Crippen LogP contribution is -2.43. The zero-order chi connectivity index (χ0) is 15.8. The van der Waals surface area contributed by atoms with Crippen LogP contribution in [-0.4, -0.2) is 14.5 Å². The molecule has 21 heavy (non-hydrogen) atoms. The van der Waals surface area contributed by atoms with E-state index >= 15 is 0 Å². The minimum atomic E-state index is -4.22. The lowest BCUT2D eigenvalue weighted by atomic mass is 9.78. The topological polar surface area (TPSA) is 46.2 Å². The highest BCUT2D eigenvalue weighted by Crippen LogP contribution is 2.31. The number of hydrogen-bond acceptors (Lipinski definition) is 2. The largest absolute Gasteiger partial charge is 0.243 e. The van der Waals surface area contributed by atoms with Crippen molar-refractivity contribution in [2.75, 3.05) is 0 Å². The summed E-state index contributed by atoms with van der Waals surface area (Å²) in [6.07, 6.45) is 2.54. The Morgan fingerprint density at radius 2 is 1.76 bits per heavy atom. The van der Waals surface area contributed by atoms with Gasteiger partial charge in [0.2, 0.25) is 10.0 Å². The van der Waals surface area contributed by atoms with Gasteiger partial charge in [-0.3, -0.25) is 0 Å². The Kier molecular flexibility index (Phi) is 4.63. The van der Waals surface area contributed by atoms with Crippen LogP contribution in [0.25, 0.3) is 0 Å². The Morgan fingerprint density at radius 1 is 1.10 bits per heavy atom. The number of halogens is 3. The second kappa shape index (κ2) is 5.96. The molecule has 3 nitrogen and oxygen atoms in total. The lowest BCUT2D eigenvalue weighted by Gasteiger charge is -2.34. The van der Waals surface area contributed by atoms with Gasteiger partial charge in [-0.25, -0.2) is 26.3 Å². The molecule has 1 aromatic carbocycles. The van der Waals surface area contributed by atoms with Crippen molar-refractivity contribution in [2.45, 2.75) is 44.0 Å². The summed E-state index contributed by atoms with van der Waals surface area (Å²) < 4.78 is 66.6. The van der Waals surface area contributed by atoms with Crippen molar-refractivity contribution >= 4 is 10.0 Å². The summed E-state index contributed by atoms with van der Waals surface area (Å²) in [4.78, 5) is -0.855. The van der Waals surface area contributed by atoms with E-state index in [2.05, 4.69) is 4.72 Å². The fourth-order valence-electron chi connectivity index (χ4n) is 2.73. The molecule has 0 bridgehead atoms. The predicted molar refractivity (Wildman–Crippen MR) is 72.6 cm³/mol. The normalized spacial score (nSPS) is 26.8. The standard InChI is InChI=1S/C14H18F3NO2S/c1-8-4-3-5-11(9(8)2)18-21(19,20)12-7-6-10(15)13(16)14(12)17/h6-9,11,18H,3-5H2,1-2H3/t8-,9+,11+/m0/s1. The van der Waals surface area contributed by atoms with Crippen LogP contribution in [0.3, 0.4) is 0 Å². The Bertz CT molecular complexity index is 633. The smallest absolute Gasteiger partial charge is 0.208 e. The average Bonchev–Trinajstić information content (AvgIpc) is 2.41. The summed E-state index contributed by atoms with van der Waals surface area (Å²) >= 11 is 0. The molecule has 7 heteroatoms. The minimum Gasteiger partial charge on any atom is -0.208 e. The molecular formula is C14H18F3NO2S. The number of sulfonamides is 1. The molecule has 1 N–H and O–H groups in total. The van der Waals surface area contributed by atoms with Crippen LogP contribution < -0.4 is 4.72 Å². The van der Waals surface area contributed by atoms with Crippen molar-refractivity contribution in [3.8, 4) is 0 Å². The lowest BCUT2D eigenvalue weighted by molar-refractivity contribution is 0.226. The Morgan fingerprint density at radius 3 is 2.43 bits per heavy atom. The van der Waals surface area contributed by atoms with Crippen LogP contribution in [0.2, 0.25) is 0 Å². The second-order valence-electron chi connectivity index (χ2n) is 5.67. The first-order valence-corrected chi connectivity index (χ1v) is 8.38. The van der Waals surface area contributed by atoms with Crippen molar-refractivity contribution in [1.82, 2.24) is 4.72 Å². The van der Waals surface area contributed by atoms with Gasteiger partial charge in [0.1, 0.15) is 4.90 Å². The van der Waals surface area contributed by atoms with Crippen molar-refractivity contribution in [3.05, 3.63) is 29.6 Å². The van der Waals surface area contributed by atoms with Gasteiger partial charge in [0.15, 0.2) is 17.5 Å². The van der Waals surface area contributed by atoms with Crippen LogP contribution in [0.1, 0.15) is 33.1 Å². The third-order valence-electron chi connectivity index (χ3n) is 4.30. The number of benzene rings is 1. The average molecular weight is 321 g/mol. The highest BCUT2D eigenvalue weighted by molar-refractivity contribution is 7.89. The van der Waals surface area contributed by atoms with Gasteiger partial charge in [0.05, 0.1) is 0 Å². The molecule has 1 aliphatic rings. The first-order chi connectivity index (χ1) is 9.74. The quantitative estimate of drug-likeness (QED) is 0.869. The van der Waals surface area contributed by atoms with Gasteiger partial charge >= 0.3 is 0 Å². The van der Waals surface area contributed by atoms with Gasteiger partial charge in [0.25, 0.3) is 0 Å². The SMILES string of the molecule is C[C@@H]1[C@@H](C)CCC[C@H]1NS(=O)(=O)c1ccc(F)c(F)c1F. The molecule has 0 heterocycles. The first-order valence-electron chi connectivity index (χ1n) is 6.90. The zero-order valence-electron chi connectivity index (χ0n) is 11.9. The van der Waals surface area contributed by atoms with Crippen LogP contribution in [0.15, 0.2) is 17.0 Å². The Balaban J connectivity index is 2.29. The van der Waals surface area contributed by atoms with Gasteiger partial charge in [-0.2, -0.15) is 0 Å². The molecule has 0 spiro atoms. The maximum atomic E-state index is 13.7. The van der Waals surface area contributed by atoms with Crippen LogP contribution >= 0.6 is 0 Å². The van der Waals surface area contributed by atoms with E-state index in [1.54, 1.807) is 0 Å². The van der Waals surface area contributed by atoms with Crippen LogP contribution in [0.4, 0.5) is 13.2 Å². The molecular weight excluding hydrogens is 303 g/mol. The molecule has 0 unspecified atom stereocenters. The Labute approximate surface area is 122 Å². The molecule has 0 aliphatic heterocycles. The van der Waals surface area contributed by atoms with E-state index in [0.29, 0.717) is 18.4 Å². The fraction of sp³-hybridized carbons (Fsp3) is 0.571. The van der Waals surface area contributed by atoms with E-state index in [0.717, 1.165) is 18.9 Å². The van der Waals surface area contributed by atoms with Crippen molar-refractivity contribution in [1.29, 1.82) is 0 Å². The van der Waals surface area contributed by atoms with E-state index in [1.165, 1.54) is 0 Å². The third-order valence-corrected chi connectivity index (χ3v) is 5.81. The van der Waals surface area contributed by atoms with Gasteiger partial charge in [0, 0.05) is 6.04 Å². The summed E-state index contributed by atoms with van der Waals surface area (Å²) in [5, 5.41) is 0. The van der Waals surface area contributed by atoms with Gasteiger partial charge < -0.3 is 0 Å². The van der Waals surface area contributed by atoms with E-state index in [1.807, 2.05) is 13.8 Å². The molecule has 1 aliphatic carbocycles. The van der Waals surface area contributed by atoms with E-state index in [-0.39, 0.29) is 12.0 Å². The minimum absolute atomic E-state index is 0.0990. The molecule has 0 aromatic heterocycles. The summed E-state index contributed by atoms with van der Waals surface area (Å²) in [6, 6.07) is 1.03. The Hall–Kier alpha value is -1.08. The molecule has 0 radical (unpaired) electrons. The molecule has 1 aromatic rings. The maximum absolute atomic E-state index is 13.7. The third kappa shape index (κ3) is 3.23. The van der Waals surface area contributed by atoms with Gasteiger partial charge in [-0.1, -0.05) is 26.7 Å². The molecule has 2 rings (SSSR count). The number of nitrogens with one attached hydrogen (secondary N) is 1. The highest BCUT2D eigenvalue weighted by Gasteiger charge is 2.32. The summed E-state index contributed by atoms with van der Waals surface area (Å²) in [7, 11) is -4.22. The van der Waals surface area contributed by atoms with Crippen molar-refractivity contribution < 1.29 is 21.6 Å². The highest BCUT2D eigenvalue weighted by atomic mass is 32.2. The van der Waals surface area contributed by atoms with E-state index < -0.39 is 32.4 Å². The van der Waals surface area contributed by atoms with E-state index in [9.17, 15) is 21.6 Å². The fourth-order valence-corrected chi connectivity index (χ4v) is 4.16. The van der Waals surface area contributed by atoms with Crippen molar-refractivity contribution in [2.24, 2.45) is 11.8 Å². The first kappa shape index (κ1) is 16.3. The molecule has 0 amide bonds. The number of rotatable bonds is 3. The number of hydrogen-bond donors (Lipinski definition) is 1. The maximum Gasteiger partial charge on any atom is 0.243 e. The molecule has 3 atom stereocenters. The monoisotopic (exact) mass is 321 g/mol. The molecule has 0 saturated heterocycles. The zero-order valence-corrected chi connectivity index (χ0v) is 12.7. The van der Waals surface area contributed by atoms with Crippen LogP contribution in [-0.2, 0) is 10.0 Å². The second-order valence-corrected chi connectivity index (χ2v) is 7.35. The predicted octanol–water partition coefficient (Wildman–Crippen LogP) is 3.21. The molecule has 1 saturated carbocycles. The van der Waals surface area contributed by atoms with E-state index in [4.69, 9.17) is 0 Å². The van der Waals surface area contributed by atoms with Gasteiger partial charge in [-0.15, -0.1) is 0 Å². The van der Waals surface area contributed by atoms with Crippen molar-refractivity contribution in [3.63, 3.8) is 0 Å².